The van der Waals surface area contributed by atoms with Crippen LogP contribution in [0.15, 0.2) is 6.20 Å². The van der Waals surface area contributed by atoms with Crippen molar-refractivity contribution >= 4 is 12.2 Å². The quantitative estimate of drug-likeness (QED) is 0.854. The largest absolute Gasteiger partial charge is 0.465 e. The van der Waals surface area contributed by atoms with Crippen LogP contribution in [0.5, 0.6) is 0 Å². The van der Waals surface area contributed by atoms with Crippen LogP contribution in [0.4, 0.5) is 9.59 Å². The molecule has 1 aliphatic carbocycles. The Morgan fingerprint density at radius 2 is 2.00 bits per heavy atom. The maximum absolute atomic E-state index is 11.3. The summed E-state index contributed by atoms with van der Waals surface area (Å²) < 4.78 is 1.72. The maximum atomic E-state index is 11.3. The van der Waals surface area contributed by atoms with E-state index in [4.69, 9.17) is 5.11 Å². The lowest BCUT2D eigenvalue weighted by Crippen LogP contribution is -2.56. The van der Waals surface area contributed by atoms with Crippen LogP contribution < -0.4 is 0 Å². The molecule has 1 atom stereocenters. The summed E-state index contributed by atoms with van der Waals surface area (Å²) in [4.78, 5) is 24.9. The number of hydrogen-bond acceptors (Lipinski definition) is 4. The van der Waals surface area contributed by atoms with Gasteiger partial charge in [0.25, 0.3) is 0 Å². The summed E-state index contributed by atoms with van der Waals surface area (Å²) in [5, 5.41) is 26.5. The minimum atomic E-state index is -1.01. The van der Waals surface area contributed by atoms with Gasteiger partial charge >= 0.3 is 12.2 Å². The second-order valence-corrected chi connectivity index (χ2v) is 5.83. The van der Waals surface area contributed by atoms with Crippen molar-refractivity contribution in [1.82, 2.24) is 24.8 Å². The Bertz CT molecular complexity index is 571. The molecule has 1 aromatic rings. The molecule has 1 aromatic heterocycles. The van der Waals surface area contributed by atoms with E-state index in [0.717, 1.165) is 18.5 Å². The van der Waals surface area contributed by atoms with E-state index >= 15 is 0 Å². The smallest absolute Gasteiger partial charge is 0.407 e. The van der Waals surface area contributed by atoms with Gasteiger partial charge in [-0.05, 0) is 19.3 Å². The summed E-state index contributed by atoms with van der Waals surface area (Å²) in [6, 6.07) is -0.351. The molecule has 22 heavy (non-hydrogen) atoms. The Morgan fingerprint density at radius 3 is 2.64 bits per heavy atom. The van der Waals surface area contributed by atoms with Gasteiger partial charge in [-0.25, -0.2) is 9.59 Å². The van der Waals surface area contributed by atoms with Gasteiger partial charge in [0.05, 0.1) is 11.7 Å². The van der Waals surface area contributed by atoms with Gasteiger partial charge in [-0.2, -0.15) is 0 Å². The van der Waals surface area contributed by atoms with Crippen molar-refractivity contribution in [3.8, 4) is 0 Å². The topological polar surface area (TPSA) is 112 Å². The molecule has 2 heterocycles. The molecule has 0 aromatic carbocycles. The zero-order chi connectivity index (χ0) is 15.7. The minimum absolute atomic E-state index is 0.200. The Balaban J connectivity index is 1.61. The highest BCUT2D eigenvalue weighted by atomic mass is 16.4. The fourth-order valence-electron chi connectivity index (χ4n) is 2.80. The van der Waals surface area contributed by atoms with Gasteiger partial charge in [0.15, 0.2) is 0 Å². The summed E-state index contributed by atoms with van der Waals surface area (Å²) >= 11 is 0. The molecule has 0 bridgehead atoms. The molecular formula is C13H19N5O4. The van der Waals surface area contributed by atoms with Crippen molar-refractivity contribution in [2.24, 2.45) is 0 Å². The fourth-order valence-corrected chi connectivity index (χ4v) is 2.80. The third-order valence-electron chi connectivity index (χ3n) is 4.24. The van der Waals surface area contributed by atoms with Crippen LogP contribution in [0.3, 0.4) is 0 Å². The van der Waals surface area contributed by atoms with Crippen LogP contribution in [-0.4, -0.2) is 72.9 Å². The van der Waals surface area contributed by atoms with Crippen LogP contribution in [0.1, 0.15) is 30.9 Å². The van der Waals surface area contributed by atoms with Crippen molar-refractivity contribution in [3.05, 3.63) is 11.9 Å². The molecule has 2 amide bonds. The lowest BCUT2D eigenvalue weighted by Gasteiger charge is -2.38. The molecule has 3 rings (SSSR count). The van der Waals surface area contributed by atoms with Gasteiger partial charge in [0.1, 0.15) is 0 Å². The van der Waals surface area contributed by atoms with Gasteiger partial charge in [0, 0.05) is 38.3 Å². The number of aromatic nitrogens is 3. The number of nitrogens with zero attached hydrogens (tertiary/aromatic N) is 5. The number of hydrogen-bond donors (Lipinski definition) is 2. The SMILES string of the molecule is O=C(O)N1CCN(C(=O)O)[C@H](CCn2cc(C3CC3)nn2)C1. The van der Waals surface area contributed by atoms with E-state index in [1.807, 2.05) is 6.20 Å². The Labute approximate surface area is 127 Å². The van der Waals surface area contributed by atoms with Gasteiger partial charge in [-0.1, -0.05) is 5.21 Å². The Kier molecular flexibility index (Phi) is 3.86. The van der Waals surface area contributed by atoms with Gasteiger partial charge in [0.2, 0.25) is 0 Å². The minimum Gasteiger partial charge on any atom is -0.465 e. The number of carbonyl (C=O) groups is 2. The van der Waals surface area contributed by atoms with Crippen LogP contribution >= 0.6 is 0 Å². The second kappa shape index (κ2) is 5.82. The van der Waals surface area contributed by atoms with Crippen molar-refractivity contribution in [1.29, 1.82) is 0 Å². The highest BCUT2D eigenvalue weighted by molar-refractivity contribution is 5.68. The number of piperazine rings is 1. The van der Waals surface area contributed by atoms with E-state index in [0.29, 0.717) is 18.9 Å². The highest BCUT2D eigenvalue weighted by Crippen LogP contribution is 2.38. The first-order valence-electron chi connectivity index (χ1n) is 7.42. The van der Waals surface area contributed by atoms with Crippen LogP contribution in [0.2, 0.25) is 0 Å². The molecule has 2 fully saturated rings. The van der Waals surface area contributed by atoms with E-state index in [1.165, 1.54) is 9.80 Å². The fraction of sp³-hybridized carbons (Fsp3) is 0.692. The average Bonchev–Trinajstić information content (AvgIpc) is 3.23. The summed E-state index contributed by atoms with van der Waals surface area (Å²) in [5.41, 5.74) is 0.992. The normalized spacial score (nSPS) is 21.9. The van der Waals surface area contributed by atoms with Gasteiger partial charge in [-0.3, -0.25) is 4.68 Å². The summed E-state index contributed by atoms with van der Waals surface area (Å²) in [6.45, 7) is 1.15. The third-order valence-corrected chi connectivity index (χ3v) is 4.24. The number of amides is 2. The van der Waals surface area contributed by atoms with Crippen LogP contribution in [-0.2, 0) is 6.54 Å². The first-order chi connectivity index (χ1) is 10.5. The predicted molar refractivity (Wildman–Crippen MR) is 74.7 cm³/mol. The molecule has 9 heteroatoms. The molecule has 9 nitrogen and oxygen atoms in total. The molecule has 0 radical (unpaired) electrons. The van der Waals surface area contributed by atoms with E-state index in [9.17, 15) is 14.7 Å². The molecule has 0 spiro atoms. The van der Waals surface area contributed by atoms with E-state index < -0.39 is 12.2 Å². The van der Waals surface area contributed by atoms with E-state index in [1.54, 1.807) is 4.68 Å². The number of rotatable bonds is 4. The van der Waals surface area contributed by atoms with Crippen molar-refractivity contribution in [2.45, 2.75) is 37.8 Å². The lowest BCUT2D eigenvalue weighted by atomic mass is 10.1. The predicted octanol–water partition coefficient (Wildman–Crippen LogP) is 0.888. The lowest BCUT2D eigenvalue weighted by molar-refractivity contribution is 0.0593. The van der Waals surface area contributed by atoms with Gasteiger partial charge < -0.3 is 20.0 Å². The monoisotopic (exact) mass is 309 g/mol. The molecule has 2 N–H and O–H groups in total. The zero-order valence-electron chi connectivity index (χ0n) is 12.1. The Morgan fingerprint density at radius 1 is 1.23 bits per heavy atom. The molecule has 1 saturated heterocycles. The average molecular weight is 309 g/mol. The molecule has 2 aliphatic rings. The van der Waals surface area contributed by atoms with Crippen LogP contribution in [0, 0.1) is 0 Å². The Hall–Kier alpha value is -2.32. The molecular weight excluding hydrogens is 290 g/mol. The van der Waals surface area contributed by atoms with Crippen LogP contribution in [0.25, 0.3) is 0 Å². The first-order valence-corrected chi connectivity index (χ1v) is 7.42. The standard InChI is InChI=1S/C13H19N5O4/c19-12(20)16-5-6-18(13(21)22)10(7-16)3-4-17-8-11(14-15-17)9-1-2-9/h8-10H,1-7H2,(H,19,20)(H,21,22)/t10-/m1/s1. The first kappa shape index (κ1) is 14.6. The van der Waals surface area contributed by atoms with Crippen molar-refractivity contribution < 1.29 is 19.8 Å². The second-order valence-electron chi connectivity index (χ2n) is 5.83. The number of carboxylic acid groups (broad SMARTS) is 2. The molecule has 1 saturated carbocycles. The van der Waals surface area contributed by atoms with E-state index in [-0.39, 0.29) is 25.7 Å². The maximum Gasteiger partial charge on any atom is 0.407 e. The third kappa shape index (κ3) is 3.12. The van der Waals surface area contributed by atoms with Crippen molar-refractivity contribution in [3.63, 3.8) is 0 Å². The van der Waals surface area contributed by atoms with Gasteiger partial charge in [-0.15, -0.1) is 5.10 Å². The molecule has 0 unspecified atom stereocenters. The zero-order valence-corrected chi connectivity index (χ0v) is 12.1. The summed E-state index contributed by atoms with van der Waals surface area (Å²) in [6.07, 6.45) is 2.71. The number of aryl methyl sites for hydroxylation is 1. The summed E-state index contributed by atoms with van der Waals surface area (Å²) in [7, 11) is 0. The molecule has 120 valence electrons. The van der Waals surface area contributed by atoms with E-state index in [2.05, 4.69) is 10.3 Å². The molecule has 1 aliphatic heterocycles. The highest BCUT2D eigenvalue weighted by Gasteiger charge is 2.32. The summed E-state index contributed by atoms with van der Waals surface area (Å²) in [5.74, 6) is 0.529. The van der Waals surface area contributed by atoms with Crippen molar-refractivity contribution in [2.75, 3.05) is 19.6 Å².